The molecule has 0 fully saturated rings. The topological polar surface area (TPSA) is 132 Å². The molecule has 2 aliphatic heterocycles. The summed E-state index contributed by atoms with van der Waals surface area (Å²) in [7, 11) is 0. The number of carbonyl (C=O) groups is 2. The molecule has 0 saturated carbocycles. The van der Waals surface area contributed by atoms with Crippen LogP contribution in [0, 0.1) is 0 Å². The minimum atomic E-state index is -0.874. The molecule has 0 aromatic carbocycles. The molecule has 0 radical (unpaired) electrons. The summed E-state index contributed by atoms with van der Waals surface area (Å²) in [5.74, 6) is -1.74. The summed E-state index contributed by atoms with van der Waals surface area (Å²) < 4.78 is 0. The molecule has 5 heterocycles. The van der Waals surface area contributed by atoms with Gasteiger partial charge in [0.25, 0.3) is 0 Å². The smallest absolute Gasteiger partial charge is 0.303 e. The number of allylic oxidation sites excluding steroid dienone is 1. The van der Waals surface area contributed by atoms with Crippen molar-refractivity contribution in [3.63, 3.8) is 0 Å². The van der Waals surface area contributed by atoms with Gasteiger partial charge in [-0.05, 0) is 84.7 Å². The van der Waals surface area contributed by atoms with Crippen molar-refractivity contribution in [3.05, 3.63) is 70.8 Å². The average Bonchev–Trinajstić information content (AvgIpc) is 3.55. The predicted molar refractivity (Wildman–Crippen MR) is 131 cm³/mol. The van der Waals surface area contributed by atoms with Crippen molar-refractivity contribution in [1.29, 1.82) is 0 Å². The van der Waals surface area contributed by atoms with Gasteiger partial charge in [-0.1, -0.05) is 0 Å². The van der Waals surface area contributed by atoms with Crippen molar-refractivity contribution < 1.29 is 39.3 Å². The van der Waals surface area contributed by atoms with E-state index >= 15 is 0 Å². The number of hydrogen-bond acceptors (Lipinski definition) is 4. The largest absolute Gasteiger partial charge is 0.481 e. The molecule has 0 aliphatic carbocycles. The Kier molecular flexibility index (Phi) is 7.08. The Morgan fingerprint density at radius 1 is 0.743 bits per heavy atom. The van der Waals surface area contributed by atoms with Crippen LogP contribution in [-0.4, -0.2) is 42.1 Å². The maximum atomic E-state index is 11.2. The first-order valence-corrected chi connectivity index (χ1v) is 10.9. The molecule has 172 valence electrons. The standard InChI is InChI=1S/C26H22N4O4.Zn/c31-25(32)7-1-15-9-21-12-19-5-3-17(27-19)11-18-4-6-20(28-18)13-22-10-16(2-8-26(33)34)24(30-22)14-23(15)29-21;/h3-6,9-14,27,30H,1-2,7-8H2,(H,31,32)(H,33,34);. The molecule has 2 aliphatic rings. The number of fused-ring (bicyclic) bond motifs is 8. The van der Waals surface area contributed by atoms with E-state index in [9.17, 15) is 19.8 Å². The molecular formula is C26H22N4O4Zn. The summed E-state index contributed by atoms with van der Waals surface area (Å²) in [6.07, 6.45) is 6.46. The summed E-state index contributed by atoms with van der Waals surface area (Å²) in [5.41, 5.74) is 7.98. The maximum Gasteiger partial charge on any atom is 0.303 e. The van der Waals surface area contributed by atoms with Gasteiger partial charge in [0, 0.05) is 54.4 Å². The van der Waals surface area contributed by atoms with Gasteiger partial charge in [0.15, 0.2) is 0 Å². The first-order chi connectivity index (χ1) is 16.4. The zero-order valence-corrected chi connectivity index (χ0v) is 21.9. The first kappa shape index (κ1) is 24.3. The summed E-state index contributed by atoms with van der Waals surface area (Å²) in [6, 6.07) is 13.5. The Balaban J connectivity index is 0.00000289. The third-order valence-electron chi connectivity index (χ3n) is 5.68. The van der Waals surface area contributed by atoms with Crippen LogP contribution >= 0.6 is 0 Å². The minimum absolute atomic E-state index is 0. The number of aryl methyl sites for hydroxylation is 1. The normalized spacial score (nSPS) is 12.2. The van der Waals surface area contributed by atoms with Gasteiger partial charge < -0.3 is 20.2 Å². The number of carboxylic acids is 2. The number of nitrogens with zero attached hydrogens (tertiary/aromatic N) is 2. The molecule has 0 saturated heterocycles. The minimum Gasteiger partial charge on any atom is -0.481 e. The SMILES string of the molecule is O=C(O)CCC1=Cc2cc3ccc(cc4nc(cc5cc(CCC(=O)O)c(cc1n2)[nH]5)C=C4)[nH]3.[Zn]. The van der Waals surface area contributed by atoms with Gasteiger partial charge in [0.05, 0.1) is 22.8 Å². The molecular weight excluding hydrogens is 498 g/mol. The Bertz CT molecular complexity index is 1530. The molecule has 8 nitrogen and oxygen atoms in total. The first-order valence-electron chi connectivity index (χ1n) is 10.9. The number of rotatable bonds is 6. The van der Waals surface area contributed by atoms with Gasteiger partial charge in [0.1, 0.15) is 0 Å². The number of H-pyrrole nitrogens is 2. The molecule has 9 heteroatoms. The fourth-order valence-corrected chi connectivity index (χ4v) is 4.10. The Labute approximate surface area is 213 Å². The van der Waals surface area contributed by atoms with E-state index in [1.807, 2.05) is 60.7 Å². The maximum absolute atomic E-state index is 11.2. The van der Waals surface area contributed by atoms with Crippen LogP contribution in [0.1, 0.15) is 47.6 Å². The number of hydrogen-bond donors (Lipinski definition) is 4. The fraction of sp³-hybridized carbons (Fsp3) is 0.154. The van der Waals surface area contributed by atoms with Crippen LogP contribution in [0.5, 0.6) is 0 Å². The van der Waals surface area contributed by atoms with Crippen LogP contribution in [0.4, 0.5) is 0 Å². The van der Waals surface area contributed by atoms with Gasteiger partial charge in [-0.15, -0.1) is 0 Å². The van der Waals surface area contributed by atoms with Gasteiger partial charge in [-0.25, -0.2) is 9.97 Å². The van der Waals surface area contributed by atoms with Crippen LogP contribution in [-0.2, 0) is 35.5 Å². The van der Waals surface area contributed by atoms with E-state index in [2.05, 4.69) is 15.0 Å². The summed E-state index contributed by atoms with van der Waals surface area (Å²) in [4.78, 5) is 38.5. The quantitative estimate of drug-likeness (QED) is 0.268. The van der Waals surface area contributed by atoms with Crippen molar-refractivity contribution in [3.8, 4) is 0 Å². The van der Waals surface area contributed by atoms with E-state index in [-0.39, 0.29) is 32.3 Å². The van der Waals surface area contributed by atoms with Crippen LogP contribution in [0.15, 0.2) is 42.5 Å². The van der Waals surface area contributed by atoms with Crippen molar-refractivity contribution in [1.82, 2.24) is 19.9 Å². The van der Waals surface area contributed by atoms with E-state index in [0.717, 1.165) is 44.6 Å². The molecule has 0 spiro atoms. The van der Waals surface area contributed by atoms with Crippen molar-refractivity contribution >= 4 is 57.8 Å². The molecule has 0 unspecified atom stereocenters. The van der Waals surface area contributed by atoms with E-state index in [4.69, 9.17) is 4.98 Å². The van der Waals surface area contributed by atoms with E-state index in [1.54, 1.807) is 0 Å². The van der Waals surface area contributed by atoms with Crippen molar-refractivity contribution in [2.45, 2.75) is 25.7 Å². The van der Waals surface area contributed by atoms with Crippen LogP contribution < -0.4 is 0 Å². The Morgan fingerprint density at radius 3 is 2.06 bits per heavy atom. The summed E-state index contributed by atoms with van der Waals surface area (Å²) in [6.45, 7) is 0. The van der Waals surface area contributed by atoms with E-state index in [1.165, 1.54) is 0 Å². The summed E-state index contributed by atoms with van der Waals surface area (Å²) in [5, 5.41) is 18.4. The Morgan fingerprint density at radius 2 is 1.37 bits per heavy atom. The van der Waals surface area contributed by atoms with Crippen LogP contribution in [0.25, 0.3) is 45.9 Å². The second-order valence-corrected chi connectivity index (χ2v) is 8.28. The zero-order valence-electron chi connectivity index (χ0n) is 18.9. The van der Waals surface area contributed by atoms with Gasteiger partial charge in [-0.2, -0.15) is 0 Å². The molecule has 8 bridgehead atoms. The van der Waals surface area contributed by atoms with E-state index in [0.29, 0.717) is 24.2 Å². The second kappa shape index (κ2) is 10.2. The van der Waals surface area contributed by atoms with Crippen molar-refractivity contribution in [2.75, 3.05) is 0 Å². The van der Waals surface area contributed by atoms with Gasteiger partial charge in [0.2, 0.25) is 0 Å². The Hall–Kier alpha value is -3.84. The number of aromatic amines is 2. The third kappa shape index (κ3) is 5.81. The number of carboxylic acid groups (broad SMARTS) is 2. The zero-order chi connectivity index (χ0) is 23.7. The van der Waals surface area contributed by atoms with E-state index < -0.39 is 11.9 Å². The van der Waals surface area contributed by atoms with Gasteiger partial charge >= 0.3 is 11.9 Å². The number of nitrogens with one attached hydrogen (secondary N) is 2. The molecule has 4 N–H and O–H groups in total. The molecule has 5 rings (SSSR count). The van der Waals surface area contributed by atoms with Crippen LogP contribution in [0.2, 0.25) is 0 Å². The molecule has 0 atom stereocenters. The predicted octanol–water partition coefficient (Wildman–Crippen LogP) is 4.91. The molecule has 35 heavy (non-hydrogen) atoms. The number of aromatic nitrogens is 4. The average molecular weight is 520 g/mol. The second-order valence-electron chi connectivity index (χ2n) is 8.28. The number of aliphatic carboxylic acids is 2. The monoisotopic (exact) mass is 518 g/mol. The summed E-state index contributed by atoms with van der Waals surface area (Å²) >= 11 is 0. The fourth-order valence-electron chi connectivity index (χ4n) is 4.10. The molecule has 3 aromatic rings. The molecule has 3 aromatic heterocycles. The third-order valence-corrected chi connectivity index (χ3v) is 5.68. The molecule has 0 amide bonds. The van der Waals surface area contributed by atoms with Crippen molar-refractivity contribution in [2.24, 2.45) is 0 Å². The van der Waals surface area contributed by atoms with Crippen LogP contribution in [0.3, 0.4) is 0 Å². The van der Waals surface area contributed by atoms with Gasteiger partial charge in [-0.3, -0.25) is 9.59 Å².